The van der Waals surface area contributed by atoms with Crippen LogP contribution in [0.5, 0.6) is 5.75 Å². The van der Waals surface area contributed by atoms with Crippen molar-refractivity contribution < 1.29 is 43.2 Å². The number of aliphatic hydroxyl groups is 2. The average Bonchev–Trinajstić information content (AvgIpc) is 3.55. The number of amides is 3. The van der Waals surface area contributed by atoms with Crippen molar-refractivity contribution in [2.75, 3.05) is 46.4 Å². The number of carbonyl (C=O) groups is 3. The molecule has 0 aliphatic carbocycles. The number of hydrogen-bond donors (Lipinski definition) is 3. The molecule has 4 fully saturated rings. The number of morpholine rings is 1. The molecule has 12 nitrogen and oxygen atoms in total. The lowest BCUT2D eigenvalue weighted by molar-refractivity contribution is -0.144. The number of carbonyl (C=O) groups excluding carboxylic acids is 3. The minimum absolute atomic E-state index is 0.0638. The van der Waals surface area contributed by atoms with E-state index in [1.807, 2.05) is 4.90 Å². The zero-order valence-corrected chi connectivity index (χ0v) is 25.1. The maximum absolute atomic E-state index is 14.0. The van der Waals surface area contributed by atoms with Gasteiger partial charge in [0.25, 0.3) is 5.91 Å². The summed E-state index contributed by atoms with van der Waals surface area (Å²) in [6.07, 6.45) is -4.93. The highest BCUT2D eigenvalue weighted by Crippen LogP contribution is 2.28. The summed E-state index contributed by atoms with van der Waals surface area (Å²) in [6, 6.07) is 11.9. The predicted octanol–water partition coefficient (Wildman–Crippen LogP) is 0.156. The fourth-order valence-electron chi connectivity index (χ4n) is 6.74. The van der Waals surface area contributed by atoms with E-state index < -0.39 is 36.6 Å². The monoisotopic (exact) mass is 626 g/mol. The van der Waals surface area contributed by atoms with Crippen LogP contribution in [-0.4, -0.2) is 132 Å². The van der Waals surface area contributed by atoms with E-state index in [9.17, 15) is 29.0 Å². The van der Waals surface area contributed by atoms with Gasteiger partial charge in [0.15, 0.2) is 0 Å². The van der Waals surface area contributed by atoms with E-state index in [1.54, 1.807) is 41.3 Å². The highest BCUT2D eigenvalue weighted by molar-refractivity contribution is 5.94. The summed E-state index contributed by atoms with van der Waals surface area (Å²) in [5, 5.41) is 24.7. The molecule has 0 spiro atoms. The summed E-state index contributed by atoms with van der Waals surface area (Å²) in [5.41, 5.74) is 1.22. The molecular weight excluding hydrogens is 587 g/mol. The highest BCUT2D eigenvalue weighted by Gasteiger charge is 2.46. The number of halogens is 1. The van der Waals surface area contributed by atoms with Gasteiger partial charge in [-0.25, -0.2) is 4.39 Å². The van der Waals surface area contributed by atoms with E-state index in [0.29, 0.717) is 37.4 Å². The third-order valence-electron chi connectivity index (χ3n) is 9.10. The lowest BCUT2D eigenvalue weighted by Crippen LogP contribution is -2.55. The molecule has 7 atom stereocenters. The van der Waals surface area contributed by atoms with Gasteiger partial charge in [-0.1, -0.05) is 12.1 Å². The number of nitrogens with one attached hydrogen (secondary N) is 1. The Bertz CT molecular complexity index is 1380. The van der Waals surface area contributed by atoms with Crippen LogP contribution in [0.4, 0.5) is 4.39 Å². The summed E-state index contributed by atoms with van der Waals surface area (Å²) in [6.45, 7) is 1.71. The Morgan fingerprint density at radius 3 is 2.47 bits per heavy atom. The lowest BCUT2D eigenvalue weighted by Gasteiger charge is -2.38. The second-order valence-electron chi connectivity index (χ2n) is 12.2. The molecule has 242 valence electrons. The van der Waals surface area contributed by atoms with Crippen LogP contribution in [0.3, 0.4) is 0 Å². The molecule has 13 heteroatoms. The fraction of sp³-hybridized carbons (Fsp3) is 0.531. The number of likely N-dealkylation sites (tertiary alicyclic amines) is 1. The number of ether oxygens (including phenoxy) is 3. The van der Waals surface area contributed by atoms with E-state index in [1.165, 1.54) is 24.1 Å². The Hall–Kier alpha value is -3.62. The van der Waals surface area contributed by atoms with Crippen LogP contribution in [0.2, 0.25) is 0 Å². The number of nitrogens with zero attached hydrogens (tertiary/aromatic N) is 3. The molecule has 6 rings (SSSR count). The van der Waals surface area contributed by atoms with Gasteiger partial charge >= 0.3 is 0 Å². The van der Waals surface area contributed by atoms with E-state index in [2.05, 4.69) is 5.32 Å². The Morgan fingerprint density at radius 1 is 1.00 bits per heavy atom. The Labute approximate surface area is 260 Å². The van der Waals surface area contributed by atoms with Crippen LogP contribution < -0.4 is 10.1 Å². The molecule has 0 unspecified atom stereocenters. The first-order chi connectivity index (χ1) is 21.7. The second kappa shape index (κ2) is 13.4. The van der Waals surface area contributed by atoms with Crippen LogP contribution in [-0.2, 0) is 25.6 Å². The number of methoxy groups -OCH3 is 1. The van der Waals surface area contributed by atoms with Crippen molar-refractivity contribution in [2.45, 2.75) is 62.0 Å². The van der Waals surface area contributed by atoms with Crippen molar-refractivity contribution in [3.8, 4) is 5.75 Å². The van der Waals surface area contributed by atoms with Gasteiger partial charge in [-0.05, 0) is 48.4 Å². The largest absolute Gasteiger partial charge is 0.497 e. The zero-order chi connectivity index (χ0) is 31.7. The van der Waals surface area contributed by atoms with Gasteiger partial charge in [-0.3, -0.25) is 19.3 Å². The van der Waals surface area contributed by atoms with Gasteiger partial charge in [0.1, 0.15) is 29.9 Å². The first-order valence-corrected chi connectivity index (χ1v) is 15.3. The third kappa shape index (κ3) is 6.97. The summed E-state index contributed by atoms with van der Waals surface area (Å²) in [5.74, 6) is -0.585. The number of rotatable bonds is 4. The van der Waals surface area contributed by atoms with Crippen LogP contribution in [0, 0.1) is 5.82 Å². The van der Waals surface area contributed by atoms with Gasteiger partial charge in [0.2, 0.25) is 11.8 Å². The molecule has 4 saturated heterocycles. The normalized spacial score (nSPS) is 31.2. The Morgan fingerprint density at radius 2 is 1.73 bits per heavy atom. The average molecular weight is 627 g/mol. The second-order valence-corrected chi connectivity index (χ2v) is 12.2. The molecule has 45 heavy (non-hydrogen) atoms. The molecule has 0 aromatic heterocycles. The summed E-state index contributed by atoms with van der Waals surface area (Å²) in [7, 11) is 1.53. The van der Waals surface area contributed by atoms with Gasteiger partial charge in [-0.2, -0.15) is 0 Å². The van der Waals surface area contributed by atoms with Gasteiger partial charge in [0.05, 0.1) is 38.4 Å². The fourth-order valence-corrected chi connectivity index (χ4v) is 6.74. The van der Waals surface area contributed by atoms with Crippen LogP contribution in [0.15, 0.2) is 48.5 Å². The summed E-state index contributed by atoms with van der Waals surface area (Å²) >= 11 is 0. The molecule has 0 radical (unpaired) electrons. The molecule has 3 N–H and O–H groups in total. The third-order valence-corrected chi connectivity index (χ3v) is 9.10. The topological polar surface area (TPSA) is 141 Å². The van der Waals surface area contributed by atoms with Crippen LogP contribution in [0.25, 0.3) is 0 Å². The van der Waals surface area contributed by atoms with Crippen molar-refractivity contribution in [1.82, 2.24) is 20.0 Å². The van der Waals surface area contributed by atoms with Crippen LogP contribution in [0.1, 0.15) is 28.8 Å². The highest BCUT2D eigenvalue weighted by atomic mass is 19.1. The first kappa shape index (κ1) is 31.4. The maximum atomic E-state index is 14.0. The van der Waals surface area contributed by atoms with Crippen molar-refractivity contribution in [2.24, 2.45) is 0 Å². The molecule has 4 heterocycles. The molecule has 3 amide bonds. The number of benzene rings is 2. The number of aliphatic hydroxyl groups excluding tert-OH is 2. The lowest BCUT2D eigenvalue weighted by atomic mass is 10.0. The Balaban J connectivity index is 1.28. The zero-order valence-electron chi connectivity index (χ0n) is 25.1. The van der Waals surface area contributed by atoms with E-state index in [-0.39, 0.29) is 62.2 Å². The molecule has 2 aromatic carbocycles. The molecule has 2 aromatic rings. The smallest absolute Gasteiger partial charge is 0.254 e. The van der Waals surface area contributed by atoms with Crippen molar-refractivity contribution >= 4 is 17.7 Å². The number of hydrogen-bond acceptors (Lipinski definition) is 9. The Kier molecular flexibility index (Phi) is 9.33. The maximum Gasteiger partial charge on any atom is 0.254 e. The molecule has 4 aliphatic heterocycles. The SMILES string of the molecule is COc1ccc(C(=O)N2C[C@@H]3CN(CCO3)C(=O)[C@@H]3C[C@@H](CN3Cc3ccc(F)cc3)NC(=O)C[C@@H]3O[C@H](C2)[C@@H](O)[C@H]3O)cc1. The standard InChI is InChI=1S/C32H39FN4O8/c1-43-23-8-4-20(5-9-23)31(41)37-17-24-16-35(10-11-44-24)32(42)25-12-22(15-36(25)14-19-2-6-21(33)7-3-19)34-28(38)13-26-29(39)30(40)27(18-37)45-26/h2-9,22,24-27,29-30,39-40H,10-18H2,1H3,(H,34,38)/t22-,24-,25-,26-,27+,29-,30+/m0/s1. The van der Waals surface area contributed by atoms with E-state index in [0.717, 1.165) is 5.56 Å². The summed E-state index contributed by atoms with van der Waals surface area (Å²) in [4.78, 5) is 46.2. The first-order valence-electron chi connectivity index (χ1n) is 15.3. The van der Waals surface area contributed by atoms with Crippen molar-refractivity contribution in [3.63, 3.8) is 0 Å². The van der Waals surface area contributed by atoms with Gasteiger partial charge in [-0.15, -0.1) is 0 Å². The van der Waals surface area contributed by atoms with Crippen molar-refractivity contribution in [1.29, 1.82) is 0 Å². The molecule has 6 bridgehead atoms. The quantitative estimate of drug-likeness (QED) is 0.433. The minimum Gasteiger partial charge on any atom is -0.497 e. The molecule has 4 aliphatic rings. The van der Waals surface area contributed by atoms with Crippen molar-refractivity contribution in [3.05, 3.63) is 65.5 Å². The van der Waals surface area contributed by atoms with E-state index in [4.69, 9.17) is 14.2 Å². The van der Waals surface area contributed by atoms with E-state index >= 15 is 0 Å². The minimum atomic E-state index is -1.33. The summed E-state index contributed by atoms with van der Waals surface area (Å²) < 4.78 is 30.8. The molecule has 0 saturated carbocycles. The van der Waals surface area contributed by atoms with Gasteiger partial charge < -0.3 is 39.5 Å². The van der Waals surface area contributed by atoms with Gasteiger partial charge in [0, 0.05) is 50.9 Å². The molecular formula is C32H39FN4O8. The predicted molar refractivity (Wildman–Crippen MR) is 158 cm³/mol. The van der Waals surface area contributed by atoms with Crippen LogP contribution >= 0.6 is 0 Å². The number of fused-ring (bicyclic) bond motifs is 6.